The molecule has 0 saturated heterocycles. The molecule has 4 unspecified atom stereocenters. The standard InChI is InChI=1S/C18H22N2OS2/c1-11(15-8-12-4-5-13(15)7-12)19-17(21)9-14-10-23-18(20-14)16-3-2-6-22-16/h2-3,6,10-13,15H,4-5,7-9H2,1H3,(H,19,21). The van der Waals surface area contributed by atoms with Crippen molar-refractivity contribution in [3.8, 4) is 9.88 Å². The number of amides is 1. The van der Waals surface area contributed by atoms with Gasteiger partial charge in [0.05, 0.1) is 17.0 Å². The Bertz CT molecular complexity index is 679. The van der Waals surface area contributed by atoms with Gasteiger partial charge in [0, 0.05) is 11.4 Å². The number of carbonyl (C=O) groups is 1. The van der Waals surface area contributed by atoms with Crippen molar-refractivity contribution in [3.05, 3.63) is 28.6 Å². The second-order valence-corrected chi connectivity index (χ2v) is 8.80. The first-order chi connectivity index (χ1) is 11.2. The van der Waals surface area contributed by atoms with Crippen LogP contribution >= 0.6 is 22.7 Å². The van der Waals surface area contributed by atoms with Gasteiger partial charge in [-0.2, -0.15) is 0 Å². The van der Waals surface area contributed by atoms with Gasteiger partial charge in [-0.15, -0.1) is 22.7 Å². The highest BCUT2D eigenvalue weighted by atomic mass is 32.1. The highest BCUT2D eigenvalue weighted by Gasteiger charge is 2.42. The second kappa shape index (κ2) is 6.36. The molecule has 2 fully saturated rings. The monoisotopic (exact) mass is 346 g/mol. The van der Waals surface area contributed by atoms with Gasteiger partial charge in [0.1, 0.15) is 5.01 Å². The van der Waals surface area contributed by atoms with Gasteiger partial charge in [-0.1, -0.05) is 12.5 Å². The van der Waals surface area contributed by atoms with E-state index in [0.29, 0.717) is 18.4 Å². The summed E-state index contributed by atoms with van der Waals surface area (Å²) in [5.74, 6) is 2.58. The molecule has 2 aromatic heterocycles. The summed E-state index contributed by atoms with van der Waals surface area (Å²) in [7, 11) is 0. The van der Waals surface area contributed by atoms with Crippen LogP contribution in [0.25, 0.3) is 9.88 Å². The van der Waals surface area contributed by atoms with Gasteiger partial charge in [-0.25, -0.2) is 4.98 Å². The lowest BCUT2D eigenvalue weighted by Gasteiger charge is -2.28. The van der Waals surface area contributed by atoms with Gasteiger partial charge in [-0.05, 0) is 55.4 Å². The summed E-state index contributed by atoms with van der Waals surface area (Å²) in [5, 5.41) is 8.31. The van der Waals surface area contributed by atoms with Gasteiger partial charge in [-0.3, -0.25) is 4.79 Å². The van der Waals surface area contributed by atoms with Crippen molar-refractivity contribution in [2.45, 2.75) is 45.1 Å². The Balaban J connectivity index is 1.33. The molecule has 5 heteroatoms. The van der Waals surface area contributed by atoms with Crippen LogP contribution in [0.3, 0.4) is 0 Å². The predicted molar refractivity (Wildman–Crippen MR) is 95.7 cm³/mol. The molecule has 3 nitrogen and oxygen atoms in total. The van der Waals surface area contributed by atoms with Crippen LogP contribution in [0, 0.1) is 17.8 Å². The van der Waals surface area contributed by atoms with Crippen molar-refractivity contribution in [3.63, 3.8) is 0 Å². The van der Waals surface area contributed by atoms with Crippen LogP contribution in [-0.4, -0.2) is 16.9 Å². The summed E-state index contributed by atoms with van der Waals surface area (Å²) in [6.45, 7) is 2.18. The third kappa shape index (κ3) is 3.22. The van der Waals surface area contributed by atoms with Crippen LogP contribution in [0.5, 0.6) is 0 Å². The van der Waals surface area contributed by atoms with Crippen LogP contribution in [0.4, 0.5) is 0 Å². The molecule has 1 N–H and O–H groups in total. The summed E-state index contributed by atoms with van der Waals surface area (Å²) < 4.78 is 0. The SMILES string of the molecule is CC(NC(=O)Cc1csc(-c2cccs2)n1)C1CC2CCC1C2. The maximum absolute atomic E-state index is 12.3. The number of thiophene rings is 1. The Morgan fingerprint density at radius 2 is 2.30 bits per heavy atom. The molecule has 0 radical (unpaired) electrons. The molecule has 2 aliphatic carbocycles. The molecule has 2 aromatic rings. The van der Waals surface area contributed by atoms with Gasteiger partial charge in [0.15, 0.2) is 0 Å². The normalized spacial score (nSPS) is 27.3. The lowest BCUT2D eigenvalue weighted by molar-refractivity contribution is -0.121. The number of rotatable bonds is 5. The van der Waals surface area contributed by atoms with Crippen LogP contribution in [0.15, 0.2) is 22.9 Å². The molecule has 2 bridgehead atoms. The van der Waals surface area contributed by atoms with E-state index in [1.807, 2.05) is 11.4 Å². The van der Waals surface area contributed by atoms with E-state index in [1.165, 1.54) is 30.6 Å². The van der Waals surface area contributed by atoms with Gasteiger partial charge in [0.2, 0.25) is 5.91 Å². The third-order valence-electron chi connectivity index (χ3n) is 5.45. The molecular weight excluding hydrogens is 324 g/mol. The fourth-order valence-corrected chi connectivity index (χ4v) is 6.02. The first-order valence-electron chi connectivity index (χ1n) is 8.46. The number of hydrogen-bond donors (Lipinski definition) is 1. The van der Waals surface area contributed by atoms with Crippen molar-refractivity contribution in [2.75, 3.05) is 0 Å². The first-order valence-corrected chi connectivity index (χ1v) is 10.2. The van der Waals surface area contributed by atoms with Crippen molar-refractivity contribution >= 4 is 28.6 Å². The molecule has 23 heavy (non-hydrogen) atoms. The Morgan fingerprint density at radius 3 is 3.00 bits per heavy atom. The number of nitrogens with zero attached hydrogens (tertiary/aromatic N) is 1. The largest absolute Gasteiger partial charge is 0.353 e. The maximum atomic E-state index is 12.3. The number of fused-ring (bicyclic) bond motifs is 2. The molecule has 2 heterocycles. The van der Waals surface area contributed by atoms with E-state index >= 15 is 0 Å². The van der Waals surface area contributed by atoms with E-state index < -0.39 is 0 Å². The number of aromatic nitrogens is 1. The fraction of sp³-hybridized carbons (Fsp3) is 0.556. The molecule has 2 aliphatic rings. The Morgan fingerprint density at radius 1 is 1.39 bits per heavy atom. The van der Waals surface area contributed by atoms with Gasteiger partial charge >= 0.3 is 0 Å². The quantitative estimate of drug-likeness (QED) is 0.874. The number of nitrogens with one attached hydrogen (secondary N) is 1. The lowest BCUT2D eigenvalue weighted by atomic mass is 9.84. The number of thiazole rings is 1. The molecule has 2 saturated carbocycles. The molecule has 122 valence electrons. The molecule has 0 spiro atoms. The fourth-order valence-electron chi connectivity index (χ4n) is 4.38. The summed E-state index contributed by atoms with van der Waals surface area (Å²) in [6.07, 6.45) is 5.87. The zero-order valence-electron chi connectivity index (χ0n) is 13.3. The first kappa shape index (κ1) is 15.3. The maximum Gasteiger partial charge on any atom is 0.226 e. The highest BCUT2D eigenvalue weighted by Crippen LogP contribution is 2.49. The molecular formula is C18H22N2OS2. The second-order valence-electron chi connectivity index (χ2n) is 6.99. The Labute approximate surface area is 145 Å². The lowest BCUT2D eigenvalue weighted by Crippen LogP contribution is -2.40. The summed E-state index contributed by atoms with van der Waals surface area (Å²) >= 11 is 3.31. The smallest absolute Gasteiger partial charge is 0.226 e. The minimum absolute atomic E-state index is 0.114. The zero-order chi connectivity index (χ0) is 15.8. The van der Waals surface area contributed by atoms with E-state index in [1.54, 1.807) is 22.7 Å². The van der Waals surface area contributed by atoms with Crippen LogP contribution < -0.4 is 5.32 Å². The van der Waals surface area contributed by atoms with Crippen LogP contribution in [0.2, 0.25) is 0 Å². The number of carbonyl (C=O) groups excluding carboxylic acids is 1. The summed E-state index contributed by atoms with van der Waals surface area (Å²) in [6, 6.07) is 4.41. The number of hydrogen-bond acceptors (Lipinski definition) is 4. The van der Waals surface area contributed by atoms with Crippen LogP contribution in [0.1, 0.15) is 38.3 Å². The molecule has 0 aliphatic heterocycles. The van der Waals surface area contributed by atoms with Gasteiger partial charge in [0.25, 0.3) is 0 Å². The molecule has 4 atom stereocenters. The summed E-state index contributed by atoms with van der Waals surface area (Å²) in [5.41, 5.74) is 0.885. The topological polar surface area (TPSA) is 42.0 Å². The van der Waals surface area contributed by atoms with Gasteiger partial charge < -0.3 is 5.32 Å². The highest BCUT2D eigenvalue weighted by molar-refractivity contribution is 7.20. The van der Waals surface area contributed by atoms with E-state index in [-0.39, 0.29) is 5.91 Å². The Hall–Kier alpha value is -1.20. The minimum atomic E-state index is 0.114. The van der Waals surface area contributed by atoms with E-state index in [4.69, 9.17) is 0 Å². The van der Waals surface area contributed by atoms with Crippen molar-refractivity contribution in [1.29, 1.82) is 0 Å². The summed E-state index contributed by atoms with van der Waals surface area (Å²) in [4.78, 5) is 18.1. The van der Waals surface area contributed by atoms with Crippen LogP contribution in [-0.2, 0) is 11.2 Å². The molecule has 0 aromatic carbocycles. The van der Waals surface area contributed by atoms with Crippen molar-refractivity contribution in [2.24, 2.45) is 17.8 Å². The molecule has 1 amide bonds. The molecule has 4 rings (SSSR count). The van der Waals surface area contributed by atoms with E-state index in [2.05, 4.69) is 28.7 Å². The minimum Gasteiger partial charge on any atom is -0.353 e. The van der Waals surface area contributed by atoms with E-state index in [0.717, 1.165) is 22.5 Å². The van der Waals surface area contributed by atoms with Crippen molar-refractivity contribution < 1.29 is 4.79 Å². The third-order valence-corrected chi connectivity index (χ3v) is 7.38. The average molecular weight is 347 g/mol. The predicted octanol–water partition coefficient (Wildman–Crippen LogP) is 4.36. The average Bonchev–Trinajstić information content (AvgIpc) is 3.30. The Kier molecular flexibility index (Phi) is 4.24. The van der Waals surface area contributed by atoms with E-state index in [9.17, 15) is 4.79 Å². The van der Waals surface area contributed by atoms with Crippen molar-refractivity contribution in [1.82, 2.24) is 10.3 Å². The zero-order valence-corrected chi connectivity index (χ0v) is 15.0.